The topological polar surface area (TPSA) is 9.23 Å². The van der Waals surface area contributed by atoms with Crippen molar-refractivity contribution in [2.45, 2.75) is 82.7 Å². The molecule has 0 N–H and O–H groups in total. The van der Waals surface area contributed by atoms with Gasteiger partial charge in [0.25, 0.3) is 6.17 Å². The lowest BCUT2D eigenvalue weighted by Crippen LogP contribution is -2.45. The van der Waals surface area contributed by atoms with Gasteiger partial charge in [-0.15, -0.1) is 0 Å². The van der Waals surface area contributed by atoms with Crippen molar-refractivity contribution in [1.82, 2.24) is 0 Å². The van der Waals surface area contributed by atoms with Crippen LogP contribution in [0, 0.1) is 5.92 Å². The van der Waals surface area contributed by atoms with E-state index < -0.39 is 24.2 Å². The molecule has 0 amide bonds. The van der Waals surface area contributed by atoms with Crippen LogP contribution >= 0.6 is 0 Å². The van der Waals surface area contributed by atoms with Gasteiger partial charge in [-0.05, 0) is 66.3 Å². The fourth-order valence-electron chi connectivity index (χ4n) is 4.59. The highest BCUT2D eigenvalue weighted by Gasteiger charge is 2.59. The van der Waals surface area contributed by atoms with Crippen molar-refractivity contribution < 1.29 is 31.1 Å². The minimum atomic E-state index is -5.71. The van der Waals surface area contributed by atoms with Gasteiger partial charge in [0.1, 0.15) is 5.75 Å². The lowest BCUT2D eigenvalue weighted by Gasteiger charge is -2.29. The van der Waals surface area contributed by atoms with Crippen LogP contribution in [0.3, 0.4) is 0 Å². The predicted molar refractivity (Wildman–Crippen MR) is 127 cm³/mol. The summed E-state index contributed by atoms with van der Waals surface area (Å²) < 4.78 is 80.4. The molecule has 1 fully saturated rings. The van der Waals surface area contributed by atoms with Gasteiger partial charge in [-0.25, -0.2) is 4.39 Å². The maximum atomic E-state index is 13.4. The average Bonchev–Trinajstić information content (AvgIpc) is 2.83. The van der Waals surface area contributed by atoms with Crippen molar-refractivity contribution >= 4 is 12.2 Å². The molecular formula is C28H32F6O. The van der Waals surface area contributed by atoms with Gasteiger partial charge < -0.3 is 4.74 Å². The minimum absolute atomic E-state index is 0.552. The van der Waals surface area contributed by atoms with Crippen LogP contribution in [0.25, 0.3) is 12.2 Å². The summed E-state index contributed by atoms with van der Waals surface area (Å²) in [6, 6.07) is 13.4. The van der Waals surface area contributed by atoms with Crippen LogP contribution in [0.5, 0.6) is 5.75 Å². The molecule has 0 saturated heterocycles. The molecule has 0 aliphatic heterocycles. The molecule has 0 aromatic heterocycles. The zero-order valence-corrected chi connectivity index (χ0v) is 19.8. The summed E-state index contributed by atoms with van der Waals surface area (Å²) >= 11 is 0. The highest BCUT2D eigenvalue weighted by molar-refractivity contribution is 5.69. The van der Waals surface area contributed by atoms with Crippen LogP contribution < -0.4 is 4.74 Å². The first-order valence-electron chi connectivity index (χ1n) is 12.2. The van der Waals surface area contributed by atoms with Crippen molar-refractivity contribution in [3.05, 3.63) is 65.2 Å². The van der Waals surface area contributed by atoms with E-state index in [-0.39, 0.29) is 0 Å². The van der Waals surface area contributed by atoms with Crippen LogP contribution in [-0.2, 0) is 0 Å². The SMILES string of the molecule is CCCCCC1CCC(c2ccc(C=Cc3ccc(OC(F)(F)C(F)C(F)(F)F)cc3)cc2)CC1. The number of hydrogen-bond donors (Lipinski definition) is 0. The molecule has 1 aliphatic carbocycles. The molecule has 0 radical (unpaired) electrons. The summed E-state index contributed by atoms with van der Waals surface area (Å²) in [4.78, 5) is 0. The molecule has 0 bridgehead atoms. The van der Waals surface area contributed by atoms with Gasteiger partial charge in [0.2, 0.25) is 0 Å². The quantitative estimate of drug-likeness (QED) is 0.180. The van der Waals surface area contributed by atoms with Gasteiger partial charge in [-0.2, -0.15) is 22.0 Å². The number of alkyl halides is 6. The van der Waals surface area contributed by atoms with Crippen molar-refractivity contribution in [3.63, 3.8) is 0 Å². The Morgan fingerprint density at radius 2 is 1.37 bits per heavy atom. The molecule has 2 aromatic carbocycles. The van der Waals surface area contributed by atoms with Crippen molar-refractivity contribution in [2.75, 3.05) is 0 Å². The number of ether oxygens (including phenoxy) is 1. The summed E-state index contributed by atoms with van der Waals surface area (Å²) in [5, 5.41) is 0. The Hall–Kier alpha value is -2.44. The van der Waals surface area contributed by atoms with Gasteiger partial charge in [0.15, 0.2) is 0 Å². The highest BCUT2D eigenvalue weighted by atomic mass is 19.4. The summed E-state index contributed by atoms with van der Waals surface area (Å²) in [5.74, 6) is 0.914. The molecule has 1 nitrogen and oxygen atoms in total. The van der Waals surface area contributed by atoms with E-state index in [4.69, 9.17) is 0 Å². The normalized spacial score (nSPS) is 20.2. The zero-order valence-electron chi connectivity index (χ0n) is 19.8. The highest BCUT2D eigenvalue weighted by Crippen LogP contribution is 2.38. The van der Waals surface area contributed by atoms with Gasteiger partial charge in [0.05, 0.1) is 0 Å². The molecule has 192 valence electrons. The lowest BCUT2D eigenvalue weighted by molar-refractivity contribution is -0.304. The number of halogens is 6. The third kappa shape index (κ3) is 8.04. The van der Waals surface area contributed by atoms with Crippen LogP contribution in [0.15, 0.2) is 48.5 Å². The van der Waals surface area contributed by atoms with Gasteiger partial charge >= 0.3 is 12.3 Å². The standard InChI is InChI=1S/C28H32F6O/c1-2-3-4-5-20-8-14-23(15-9-20)24-16-10-21(11-17-24)6-7-22-12-18-25(19-13-22)35-28(33,34)26(29)27(30,31)32/h6-7,10-13,16-20,23,26H,2-5,8-9,14-15H2,1H3. The van der Waals surface area contributed by atoms with Crippen LogP contribution in [0.4, 0.5) is 26.3 Å². The van der Waals surface area contributed by atoms with Gasteiger partial charge in [-0.1, -0.05) is 81.2 Å². The second-order valence-corrected chi connectivity index (χ2v) is 9.35. The fraction of sp³-hybridized carbons (Fsp3) is 0.500. The molecule has 0 heterocycles. The second-order valence-electron chi connectivity index (χ2n) is 9.35. The third-order valence-electron chi connectivity index (χ3n) is 6.66. The number of unbranched alkanes of at least 4 members (excludes halogenated alkanes) is 2. The number of hydrogen-bond acceptors (Lipinski definition) is 1. The summed E-state index contributed by atoms with van der Waals surface area (Å²) in [7, 11) is 0. The van der Waals surface area contributed by atoms with Crippen molar-refractivity contribution in [1.29, 1.82) is 0 Å². The van der Waals surface area contributed by atoms with E-state index in [1.54, 1.807) is 6.08 Å². The van der Waals surface area contributed by atoms with Gasteiger partial charge in [0, 0.05) is 0 Å². The lowest BCUT2D eigenvalue weighted by atomic mass is 9.77. The first-order valence-corrected chi connectivity index (χ1v) is 12.2. The molecule has 35 heavy (non-hydrogen) atoms. The number of rotatable bonds is 10. The summed E-state index contributed by atoms with van der Waals surface area (Å²) in [6.45, 7) is 2.24. The molecule has 2 aromatic rings. The van der Waals surface area contributed by atoms with Crippen molar-refractivity contribution in [2.24, 2.45) is 5.92 Å². The maximum Gasteiger partial charge on any atom is 0.439 e. The van der Waals surface area contributed by atoms with E-state index in [0.29, 0.717) is 11.5 Å². The Kier molecular flexibility index (Phi) is 9.31. The molecule has 1 unspecified atom stereocenters. The van der Waals surface area contributed by atoms with Crippen LogP contribution in [0.1, 0.15) is 80.9 Å². The molecule has 1 atom stereocenters. The Bertz CT molecular complexity index is 925. The van der Waals surface area contributed by atoms with E-state index in [0.717, 1.165) is 23.6 Å². The van der Waals surface area contributed by atoms with Gasteiger partial charge in [-0.3, -0.25) is 0 Å². The molecule has 1 aliphatic rings. The first kappa shape index (κ1) is 27.2. The minimum Gasteiger partial charge on any atom is -0.430 e. The molecule has 0 spiro atoms. The Morgan fingerprint density at radius 3 is 1.89 bits per heavy atom. The van der Waals surface area contributed by atoms with E-state index in [9.17, 15) is 26.3 Å². The zero-order chi connectivity index (χ0) is 25.5. The monoisotopic (exact) mass is 498 g/mol. The largest absolute Gasteiger partial charge is 0.439 e. The molecule has 3 rings (SSSR count). The van der Waals surface area contributed by atoms with E-state index in [1.165, 1.54) is 69.1 Å². The van der Waals surface area contributed by atoms with Crippen molar-refractivity contribution in [3.8, 4) is 5.75 Å². The van der Waals surface area contributed by atoms with E-state index >= 15 is 0 Å². The second kappa shape index (κ2) is 12.0. The Balaban J connectivity index is 1.51. The summed E-state index contributed by atoms with van der Waals surface area (Å²) in [5.41, 5.74) is 2.96. The smallest absolute Gasteiger partial charge is 0.430 e. The van der Waals surface area contributed by atoms with E-state index in [1.807, 2.05) is 18.2 Å². The predicted octanol–water partition coefficient (Wildman–Crippen LogP) is 9.58. The first-order chi connectivity index (χ1) is 16.6. The average molecular weight is 499 g/mol. The summed E-state index contributed by atoms with van der Waals surface area (Å²) in [6.07, 6.45) is -1.18. The Labute approximate surface area is 203 Å². The molecular weight excluding hydrogens is 466 g/mol. The van der Waals surface area contributed by atoms with E-state index in [2.05, 4.69) is 23.8 Å². The van der Waals surface area contributed by atoms with Crippen LogP contribution in [-0.4, -0.2) is 18.5 Å². The third-order valence-corrected chi connectivity index (χ3v) is 6.66. The van der Waals surface area contributed by atoms with Crippen LogP contribution in [0.2, 0.25) is 0 Å². The Morgan fingerprint density at radius 1 is 0.829 bits per heavy atom. The fourth-order valence-corrected chi connectivity index (χ4v) is 4.59. The molecule has 1 saturated carbocycles. The molecule has 7 heteroatoms. The maximum absolute atomic E-state index is 13.4. The number of benzene rings is 2.